The fraction of sp³-hybridized carbons (Fsp3) is 0.495. The Kier molecular flexibility index (Phi) is 17.5. The number of hydrogen-bond donors (Lipinski definition) is 0. The number of halogens is 1. The summed E-state index contributed by atoms with van der Waals surface area (Å²) in [7, 11) is 0. The first kappa shape index (κ1) is 74.0. The molecule has 22 heteroatoms. The standard InChI is InChI=1S/C15H15FN2S.2C15H16N2S.4C13H14N2S/c1-15(16)10-4-8(5-11(10)15)13-14-9(2-3-19-14)12-6-17-7-18(12)13;2*1-3-15(4-1)6-10(7-15)13-14-11(2-5-18-14)12-8-16-9-17(12)13;4*1-8-4-9(5-8)12-13-10(2-3-16-13)11-6-14-7-15(11)12/h2-3,6-8,10-11,13H,4-5H2,1H3;2*2,5,8-10,13H,1,3-4,6-7H2;4*2-3,6-9,12H,4-5H2,1H3/t8?,10?,11?,13-,15?;;;4*8?,9?,12-/m0..1100/s1. The molecule has 2 spiro atoms. The summed E-state index contributed by atoms with van der Waals surface area (Å²) in [5.74, 6) is 9.95. The van der Waals surface area contributed by atoms with Crippen molar-refractivity contribution in [3.05, 3.63) is 202 Å². The summed E-state index contributed by atoms with van der Waals surface area (Å²) in [5.41, 5.74) is 19.8. The van der Waals surface area contributed by atoms with Crippen molar-refractivity contribution in [3.63, 3.8) is 0 Å². The Morgan fingerprint density at radius 3 is 0.639 bits per heavy atom. The van der Waals surface area contributed by atoms with Gasteiger partial charge in [-0.15, -0.1) is 79.4 Å². The Morgan fingerprint density at radius 1 is 0.277 bits per heavy atom. The maximum absolute atomic E-state index is 14.0. The average molecular weight is 1710 g/mol. The van der Waals surface area contributed by atoms with Crippen LogP contribution in [-0.4, -0.2) is 72.5 Å². The first-order chi connectivity index (χ1) is 58.3. The second kappa shape index (κ2) is 28.2. The minimum atomic E-state index is -0.870. The van der Waals surface area contributed by atoms with Crippen molar-refractivity contribution in [2.45, 2.75) is 211 Å². The van der Waals surface area contributed by atoms with Crippen molar-refractivity contribution in [1.29, 1.82) is 0 Å². The maximum atomic E-state index is 14.0. The van der Waals surface area contributed by atoms with E-state index in [-0.39, 0.29) is 0 Å². The molecule has 0 saturated heterocycles. The molecule has 119 heavy (non-hydrogen) atoms. The van der Waals surface area contributed by atoms with Gasteiger partial charge >= 0.3 is 0 Å². The molecule has 0 bridgehead atoms. The molecule has 4 unspecified atom stereocenters. The summed E-state index contributed by atoms with van der Waals surface area (Å²) < 4.78 is 30.7. The zero-order valence-electron chi connectivity index (χ0n) is 68.4. The normalized spacial score (nSPS) is 32.2. The molecule has 14 aromatic rings. The van der Waals surface area contributed by atoms with Crippen molar-refractivity contribution in [1.82, 2.24) is 66.9 Å². The largest absolute Gasteiger partial charge is 0.322 e. The molecule has 10 aliphatic carbocycles. The number of alkyl halides is 1. The number of hydrogen-bond acceptors (Lipinski definition) is 14. The predicted octanol–water partition coefficient (Wildman–Crippen LogP) is 26.3. The highest BCUT2D eigenvalue weighted by atomic mass is 32.1. The summed E-state index contributed by atoms with van der Waals surface area (Å²) in [6.07, 6.45) is 55.9. The molecule has 7 aliphatic heterocycles. The van der Waals surface area contributed by atoms with Crippen molar-refractivity contribution in [3.8, 4) is 78.8 Å². The lowest BCUT2D eigenvalue weighted by Gasteiger charge is -2.56. The quantitative estimate of drug-likeness (QED) is 0.156. The molecular weight excluding hydrogens is 1600 g/mol. The van der Waals surface area contributed by atoms with Gasteiger partial charge in [0, 0.05) is 73.1 Å². The topological polar surface area (TPSA) is 125 Å². The molecule has 14 nitrogen and oxygen atoms in total. The van der Waals surface area contributed by atoms with E-state index in [9.17, 15) is 4.39 Å². The third kappa shape index (κ3) is 11.6. The zero-order chi connectivity index (χ0) is 79.1. The summed E-state index contributed by atoms with van der Waals surface area (Å²) >= 11 is 13.4. The van der Waals surface area contributed by atoms with Gasteiger partial charge in [-0.2, -0.15) is 0 Å². The van der Waals surface area contributed by atoms with Crippen LogP contribution in [0.25, 0.3) is 78.8 Å². The first-order valence-electron chi connectivity index (χ1n) is 44.6. The van der Waals surface area contributed by atoms with Crippen LogP contribution in [0.15, 0.2) is 168 Å². The van der Waals surface area contributed by atoms with E-state index < -0.39 is 5.67 Å². The van der Waals surface area contributed by atoms with Crippen LogP contribution in [0.2, 0.25) is 0 Å². The molecule has 610 valence electrons. The van der Waals surface area contributed by atoms with Crippen LogP contribution in [0, 0.1) is 87.8 Å². The van der Waals surface area contributed by atoms with Gasteiger partial charge in [0.15, 0.2) is 0 Å². The molecule has 0 aromatic carbocycles. The molecule has 17 aliphatic rings. The predicted molar refractivity (Wildman–Crippen MR) is 481 cm³/mol. The van der Waals surface area contributed by atoms with Crippen LogP contribution in [0.4, 0.5) is 4.39 Å². The number of rotatable bonds is 7. The van der Waals surface area contributed by atoms with E-state index in [0.717, 1.165) is 82.9 Å². The van der Waals surface area contributed by atoms with Gasteiger partial charge in [-0.3, -0.25) is 0 Å². The average Bonchev–Trinajstić information content (AvgIpc) is 1.53. The third-order valence-electron chi connectivity index (χ3n) is 32.8. The third-order valence-corrected chi connectivity index (χ3v) is 39.7. The molecular formula is C97H103FN14S7. The van der Waals surface area contributed by atoms with Crippen LogP contribution in [-0.2, 0) is 0 Å². The lowest BCUT2D eigenvalue weighted by molar-refractivity contribution is -0.0387. The Labute approximate surface area is 724 Å². The van der Waals surface area contributed by atoms with E-state index in [1.54, 1.807) is 36.2 Å². The highest BCUT2D eigenvalue weighted by molar-refractivity contribution is 7.12. The molecule has 31 rings (SSSR count). The summed E-state index contributed by atoms with van der Waals surface area (Å²) in [5, 5.41) is 15.5. The number of fused-ring (bicyclic) bond motifs is 22. The van der Waals surface area contributed by atoms with Crippen LogP contribution in [0.1, 0.15) is 239 Å². The van der Waals surface area contributed by atoms with E-state index in [0.29, 0.717) is 60.0 Å². The van der Waals surface area contributed by atoms with Crippen LogP contribution >= 0.6 is 79.4 Å². The second-order valence-electron chi connectivity index (χ2n) is 39.8. The van der Waals surface area contributed by atoms with Gasteiger partial charge in [-0.05, 0) is 290 Å². The van der Waals surface area contributed by atoms with Crippen LogP contribution < -0.4 is 0 Å². The summed E-state index contributed by atoms with van der Waals surface area (Å²) in [4.78, 5) is 41.1. The van der Waals surface area contributed by atoms with Gasteiger partial charge in [-0.1, -0.05) is 40.5 Å². The fourth-order valence-corrected chi connectivity index (χ4v) is 34.2. The number of aromatic nitrogens is 14. The van der Waals surface area contributed by atoms with E-state index in [2.05, 4.69) is 175 Å². The Balaban J connectivity index is 0.0000000772. The lowest BCUT2D eigenvalue weighted by Crippen LogP contribution is -2.45. The molecule has 10 fully saturated rings. The van der Waals surface area contributed by atoms with Crippen molar-refractivity contribution in [2.24, 2.45) is 87.8 Å². The number of nitrogens with zero attached hydrogens (tertiary/aromatic N) is 14. The van der Waals surface area contributed by atoms with Crippen molar-refractivity contribution < 1.29 is 4.39 Å². The molecule has 14 aromatic heterocycles. The Bertz CT molecular complexity index is 5280. The van der Waals surface area contributed by atoms with E-state index in [1.165, 1.54) is 199 Å². The highest BCUT2D eigenvalue weighted by Gasteiger charge is 2.68. The van der Waals surface area contributed by atoms with Gasteiger partial charge in [0.25, 0.3) is 0 Å². The van der Waals surface area contributed by atoms with Crippen LogP contribution in [0.3, 0.4) is 0 Å². The first-order valence-corrected chi connectivity index (χ1v) is 50.8. The molecule has 0 amide bonds. The molecule has 0 N–H and O–H groups in total. The van der Waals surface area contributed by atoms with Gasteiger partial charge in [-0.25, -0.2) is 39.3 Å². The smallest absolute Gasteiger partial charge is 0.114 e. The SMILES string of the molecule is CC1(F)C2CC([C@H]3c4sccc4-c4cncn43)CC21.CC1CC([C@@H]2c3sccc3-c3cncn32)C1.CC1CC([C@@H]2c3sccc3-c3cncn32)C1.CC1CC([C@H]2c3sccc3-c3cncn32)C1.CC1CC([C@H]2c3sccc3-c3cncn32)C1.c1cc2c(s1)C(C1CC3(CCC3)C1)n1cncc1-2.c1cc2c(s1)C(C1CC3(CCC3)C1)n1cncc1-2. The van der Waals surface area contributed by atoms with Gasteiger partial charge < -0.3 is 32.0 Å². The van der Waals surface area contributed by atoms with Gasteiger partial charge in [0.2, 0.25) is 0 Å². The van der Waals surface area contributed by atoms with Crippen molar-refractivity contribution >= 4 is 79.4 Å². The van der Waals surface area contributed by atoms with Gasteiger partial charge in [0.05, 0.1) is 170 Å². The highest BCUT2D eigenvalue weighted by Crippen LogP contribution is 2.70. The Morgan fingerprint density at radius 2 is 0.462 bits per heavy atom. The molecule has 10 saturated carbocycles. The maximum Gasteiger partial charge on any atom is 0.114 e. The summed E-state index contributed by atoms with van der Waals surface area (Å²) in [6.45, 7) is 11.2. The molecule has 9 atom stereocenters. The zero-order valence-corrected chi connectivity index (χ0v) is 74.1. The van der Waals surface area contributed by atoms with Crippen molar-refractivity contribution in [2.75, 3.05) is 0 Å². The minimum absolute atomic E-state index is 0.313. The second-order valence-corrected chi connectivity index (χ2v) is 46.4. The van der Waals surface area contributed by atoms with Gasteiger partial charge in [0.1, 0.15) is 5.67 Å². The Hall–Kier alpha value is -7.70. The fourth-order valence-electron chi connectivity index (χ4n) is 26.5. The molecule has 21 heterocycles. The van der Waals surface area contributed by atoms with E-state index in [4.69, 9.17) is 0 Å². The molecule has 0 radical (unpaired) electrons. The monoisotopic (exact) mass is 1710 g/mol. The minimum Gasteiger partial charge on any atom is -0.322 e. The van der Waals surface area contributed by atoms with E-state index >= 15 is 0 Å². The van der Waals surface area contributed by atoms with E-state index in [1.807, 2.05) is 167 Å². The summed E-state index contributed by atoms with van der Waals surface area (Å²) in [6, 6.07) is 19.7. The number of thiophene rings is 7. The lowest BCUT2D eigenvalue weighted by atomic mass is 9.50. The number of imidazole rings is 7. The van der Waals surface area contributed by atoms with Crippen LogP contribution in [0.5, 0.6) is 0 Å².